The first-order valence-corrected chi connectivity index (χ1v) is 4.17. The largest absolute Gasteiger partial charge is 0.371 e. The number of ether oxygens (including phenoxy) is 2. The Morgan fingerprint density at radius 2 is 2.25 bits per heavy atom. The summed E-state index contributed by atoms with van der Waals surface area (Å²) >= 11 is 0. The lowest BCUT2D eigenvalue weighted by molar-refractivity contribution is 0.252. The van der Waals surface area contributed by atoms with Crippen molar-refractivity contribution in [1.82, 2.24) is 0 Å². The van der Waals surface area contributed by atoms with Crippen LogP contribution in [0.4, 0.5) is 0 Å². The molecule has 3 atom stereocenters. The predicted octanol–water partition coefficient (Wildman–Crippen LogP) is -1.13. The molecule has 2 fully saturated rings. The number of hydrogen-bond acceptors (Lipinski definition) is 2. The van der Waals surface area contributed by atoms with E-state index in [2.05, 4.69) is 6.92 Å². The van der Waals surface area contributed by atoms with Gasteiger partial charge < -0.3 is 9.47 Å². The van der Waals surface area contributed by atoms with Crippen LogP contribution >= 0.6 is 0 Å². The molecule has 2 aliphatic heterocycles. The first kappa shape index (κ1) is 4.96. The Bertz CT molecular complexity index is 122. The molecule has 0 aromatic rings. The van der Waals surface area contributed by atoms with Gasteiger partial charge in [0.15, 0.2) is 0 Å². The average Bonchev–Trinajstić information content (AvgIpc) is 2.47. The van der Waals surface area contributed by atoms with Crippen LogP contribution in [0, 0.1) is 0 Å². The van der Waals surface area contributed by atoms with E-state index in [-0.39, 0.29) is 5.60 Å². The zero-order chi connectivity index (χ0) is 5.78. The second-order valence-electron chi connectivity index (χ2n) is 2.86. The molecule has 0 bridgehead atoms. The molecule has 0 spiro atoms. The summed E-state index contributed by atoms with van der Waals surface area (Å²) in [5, 5.41) is 0. The molecule has 2 saturated heterocycles. The summed E-state index contributed by atoms with van der Waals surface area (Å²) < 4.78 is 10.5. The van der Waals surface area contributed by atoms with Crippen molar-refractivity contribution in [3.8, 4) is 0 Å². The molecule has 2 rings (SSSR count). The molecular formula is C5H10O2Si. The Morgan fingerprint density at radius 3 is 2.38 bits per heavy atom. The lowest BCUT2D eigenvalue weighted by Gasteiger charge is -1.94. The van der Waals surface area contributed by atoms with Gasteiger partial charge in [0.25, 0.3) is 0 Å². The van der Waals surface area contributed by atoms with E-state index in [4.69, 9.17) is 9.47 Å². The lowest BCUT2D eigenvalue weighted by atomic mass is 10.1. The van der Waals surface area contributed by atoms with Gasteiger partial charge in [0, 0.05) is 10.2 Å². The standard InChI is InChI=1S/C5H10O2Si/c1-5(2-6-5)3-4(8)7-3/h3-4H,2H2,1,8H3. The summed E-state index contributed by atoms with van der Waals surface area (Å²) in [7, 11) is 1.16. The third kappa shape index (κ3) is 0.551. The van der Waals surface area contributed by atoms with E-state index < -0.39 is 0 Å². The lowest BCUT2D eigenvalue weighted by Crippen LogP contribution is -2.15. The molecule has 46 valence electrons. The summed E-state index contributed by atoms with van der Waals surface area (Å²) in [4.78, 5) is 0. The van der Waals surface area contributed by atoms with E-state index in [0.29, 0.717) is 11.8 Å². The quantitative estimate of drug-likeness (QED) is 0.331. The van der Waals surface area contributed by atoms with Crippen LogP contribution in [0.5, 0.6) is 0 Å². The van der Waals surface area contributed by atoms with E-state index in [1.54, 1.807) is 0 Å². The van der Waals surface area contributed by atoms with Gasteiger partial charge >= 0.3 is 0 Å². The first-order valence-electron chi connectivity index (χ1n) is 3.02. The van der Waals surface area contributed by atoms with Crippen LogP contribution in [0.15, 0.2) is 0 Å². The molecule has 2 nitrogen and oxygen atoms in total. The SMILES string of the molecule is CC1(C2OC2[SiH3])CO1. The Labute approximate surface area is 51.6 Å². The van der Waals surface area contributed by atoms with Crippen LogP contribution in [0.25, 0.3) is 0 Å². The molecule has 2 aliphatic rings. The Hall–Kier alpha value is 0.137. The maximum Gasteiger partial charge on any atom is 0.117 e. The first-order chi connectivity index (χ1) is 3.72. The van der Waals surface area contributed by atoms with Crippen molar-refractivity contribution in [3.05, 3.63) is 0 Å². The van der Waals surface area contributed by atoms with Gasteiger partial charge in [0.2, 0.25) is 0 Å². The minimum absolute atomic E-state index is 0.145. The van der Waals surface area contributed by atoms with Gasteiger partial charge in [-0.05, 0) is 6.92 Å². The van der Waals surface area contributed by atoms with Crippen molar-refractivity contribution < 1.29 is 9.47 Å². The highest BCUT2D eigenvalue weighted by molar-refractivity contribution is 6.13. The van der Waals surface area contributed by atoms with E-state index in [1.807, 2.05) is 0 Å². The van der Waals surface area contributed by atoms with E-state index in [1.165, 1.54) is 0 Å². The maximum atomic E-state index is 5.28. The van der Waals surface area contributed by atoms with E-state index in [0.717, 1.165) is 16.8 Å². The van der Waals surface area contributed by atoms with Gasteiger partial charge in [0.1, 0.15) is 11.7 Å². The van der Waals surface area contributed by atoms with Gasteiger partial charge in [-0.25, -0.2) is 0 Å². The Kier molecular flexibility index (Phi) is 0.728. The van der Waals surface area contributed by atoms with Crippen LogP contribution in [-0.2, 0) is 9.47 Å². The fourth-order valence-electron chi connectivity index (χ4n) is 1.10. The Balaban J connectivity index is 1.99. The van der Waals surface area contributed by atoms with Crippen LogP contribution in [0.2, 0.25) is 0 Å². The number of hydrogen-bond donors (Lipinski definition) is 0. The van der Waals surface area contributed by atoms with Gasteiger partial charge in [-0.2, -0.15) is 0 Å². The van der Waals surface area contributed by atoms with Crippen LogP contribution in [-0.4, -0.2) is 34.3 Å². The fraction of sp³-hybridized carbons (Fsp3) is 1.00. The van der Waals surface area contributed by atoms with Crippen LogP contribution in [0.3, 0.4) is 0 Å². The van der Waals surface area contributed by atoms with Crippen LogP contribution < -0.4 is 0 Å². The van der Waals surface area contributed by atoms with Crippen molar-refractivity contribution in [3.63, 3.8) is 0 Å². The second-order valence-corrected chi connectivity index (χ2v) is 4.00. The van der Waals surface area contributed by atoms with Crippen molar-refractivity contribution in [2.24, 2.45) is 0 Å². The highest BCUT2D eigenvalue weighted by atomic mass is 28.1. The molecule has 2 heterocycles. The van der Waals surface area contributed by atoms with Crippen molar-refractivity contribution >= 4 is 10.2 Å². The molecule has 0 saturated carbocycles. The van der Waals surface area contributed by atoms with Crippen LogP contribution in [0.1, 0.15) is 6.92 Å². The molecule has 8 heavy (non-hydrogen) atoms. The fourth-order valence-corrected chi connectivity index (χ4v) is 2.10. The highest BCUT2D eigenvalue weighted by Crippen LogP contribution is 2.41. The van der Waals surface area contributed by atoms with Gasteiger partial charge in [-0.3, -0.25) is 0 Å². The third-order valence-electron chi connectivity index (χ3n) is 1.91. The predicted molar refractivity (Wildman–Crippen MR) is 33.0 cm³/mol. The molecule has 0 aromatic heterocycles. The van der Waals surface area contributed by atoms with Gasteiger partial charge in [-0.15, -0.1) is 0 Å². The zero-order valence-electron chi connectivity index (χ0n) is 5.18. The zero-order valence-corrected chi connectivity index (χ0v) is 7.18. The molecule has 0 amide bonds. The molecule has 0 aliphatic carbocycles. The number of epoxide rings is 2. The minimum Gasteiger partial charge on any atom is -0.371 e. The molecule has 3 heteroatoms. The molecule has 3 unspecified atom stereocenters. The summed E-state index contributed by atoms with van der Waals surface area (Å²) in [6, 6.07) is 0. The monoisotopic (exact) mass is 130 g/mol. The van der Waals surface area contributed by atoms with Crippen molar-refractivity contribution in [2.75, 3.05) is 6.61 Å². The Morgan fingerprint density at radius 1 is 1.75 bits per heavy atom. The maximum absolute atomic E-state index is 5.28. The smallest absolute Gasteiger partial charge is 0.117 e. The van der Waals surface area contributed by atoms with Crippen molar-refractivity contribution in [1.29, 1.82) is 0 Å². The summed E-state index contributed by atoms with van der Waals surface area (Å²) in [6.07, 6.45) is 0.467. The third-order valence-corrected chi connectivity index (χ3v) is 2.79. The number of rotatable bonds is 1. The molecule has 0 aromatic carbocycles. The summed E-state index contributed by atoms with van der Waals surface area (Å²) in [6.45, 7) is 3.03. The minimum atomic E-state index is 0.145. The van der Waals surface area contributed by atoms with Crippen molar-refractivity contribution in [2.45, 2.75) is 24.4 Å². The van der Waals surface area contributed by atoms with Gasteiger partial charge in [-0.1, -0.05) is 0 Å². The topological polar surface area (TPSA) is 25.1 Å². The normalized spacial score (nSPS) is 61.1. The summed E-state index contributed by atoms with van der Waals surface area (Å²) in [5.41, 5.74) is 0.731. The highest BCUT2D eigenvalue weighted by Gasteiger charge is 2.58. The molecule has 0 radical (unpaired) electrons. The molecule has 0 N–H and O–H groups in total. The average molecular weight is 130 g/mol. The van der Waals surface area contributed by atoms with E-state index >= 15 is 0 Å². The van der Waals surface area contributed by atoms with Gasteiger partial charge in [0.05, 0.1) is 12.3 Å². The molecular weight excluding hydrogens is 120 g/mol. The van der Waals surface area contributed by atoms with E-state index in [9.17, 15) is 0 Å². The second kappa shape index (κ2) is 1.17. The summed E-state index contributed by atoms with van der Waals surface area (Å²) in [5.74, 6) is 0.